The number of aromatic nitrogens is 2. The summed E-state index contributed by atoms with van der Waals surface area (Å²) in [6.07, 6.45) is 1.96. The summed E-state index contributed by atoms with van der Waals surface area (Å²) in [5, 5.41) is 9.63. The van der Waals surface area contributed by atoms with Crippen molar-refractivity contribution in [1.82, 2.24) is 13.9 Å². The molecule has 0 fully saturated rings. The smallest absolute Gasteiger partial charge is 0.243 e. The minimum Gasteiger partial charge on any atom is -0.494 e. The highest BCUT2D eigenvalue weighted by Crippen LogP contribution is 2.29. The summed E-state index contributed by atoms with van der Waals surface area (Å²) < 4.78 is 47.5. The normalized spacial score (nSPS) is 18.4. The number of sulfonamides is 1. The number of rotatable bonds is 4. The average molecular weight is 355 g/mol. The van der Waals surface area contributed by atoms with E-state index < -0.39 is 21.9 Å². The van der Waals surface area contributed by atoms with E-state index in [1.165, 1.54) is 23.5 Å². The summed E-state index contributed by atoms with van der Waals surface area (Å²) in [4.78, 5) is 4.03. The van der Waals surface area contributed by atoms with Gasteiger partial charge in [0.2, 0.25) is 10.0 Å². The van der Waals surface area contributed by atoms with E-state index in [4.69, 9.17) is 4.74 Å². The van der Waals surface area contributed by atoms with Gasteiger partial charge in [-0.15, -0.1) is 0 Å². The average Bonchev–Trinajstić information content (AvgIpc) is 2.94. The second kappa shape index (κ2) is 6.15. The standard InChI is InChI=1S/C15H18FN3O4S/c1-18-9-17-13-7-19(10(8-20)5-14(13)18)24(21,22)11-3-4-15(23-2)12(16)6-11/h3-4,6,9-10,20H,5,7-8H2,1-2H3/t10-/m1/s1. The van der Waals surface area contributed by atoms with E-state index in [9.17, 15) is 17.9 Å². The molecule has 1 aliphatic heterocycles. The minimum absolute atomic E-state index is 0.0293. The van der Waals surface area contributed by atoms with Crippen LogP contribution in [0.5, 0.6) is 5.75 Å². The molecule has 1 aromatic carbocycles. The number of aliphatic hydroxyl groups excluding tert-OH is 1. The molecule has 9 heteroatoms. The Morgan fingerprint density at radius 1 is 1.46 bits per heavy atom. The van der Waals surface area contributed by atoms with E-state index >= 15 is 0 Å². The van der Waals surface area contributed by atoms with Crippen molar-refractivity contribution in [2.24, 2.45) is 7.05 Å². The van der Waals surface area contributed by atoms with Gasteiger partial charge in [-0.2, -0.15) is 4.31 Å². The Hall–Kier alpha value is -1.97. The third-order valence-corrected chi connectivity index (χ3v) is 6.12. The number of fused-ring (bicyclic) bond motifs is 1. The molecule has 0 radical (unpaired) electrons. The second-order valence-corrected chi connectivity index (χ2v) is 7.53. The summed E-state index contributed by atoms with van der Waals surface area (Å²) in [5.41, 5.74) is 1.53. The van der Waals surface area contributed by atoms with Crippen molar-refractivity contribution in [2.75, 3.05) is 13.7 Å². The summed E-state index contributed by atoms with van der Waals surface area (Å²) >= 11 is 0. The maximum absolute atomic E-state index is 13.9. The van der Waals surface area contributed by atoms with Gasteiger partial charge in [0, 0.05) is 19.2 Å². The van der Waals surface area contributed by atoms with Crippen molar-refractivity contribution in [3.8, 4) is 5.75 Å². The molecule has 2 heterocycles. The zero-order chi connectivity index (χ0) is 17.5. The van der Waals surface area contributed by atoms with E-state index in [-0.39, 0.29) is 23.8 Å². The van der Waals surface area contributed by atoms with Crippen LogP contribution >= 0.6 is 0 Å². The molecule has 130 valence electrons. The fourth-order valence-corrected chi connectivity index (χ4v) is 4.47. The Kier molecular flexibility index (Phi) is 4.33. The van der Waals surface area contributed by atoms with Crippen LogP contribution in [-0.2, 0) is 30.0 Å². The van der Waals surface area contributed by atoms with E-state index in [1.807, 2.05) is 11.6 Å². The Morgan fingerprint density at radius 2 is 2.21 bits per heavy atom. The van der Waals surface area contributed by atoms with Gasteiger partial charge in [0.1, 0.15) is 0 Å². The van der Waals surface area contributed by atoms with Gasteiger partial charge < -0.3 is 14.4 Å². The molecule has 1 aromatic heterocycles. The van der Waals surface area contributed by atoms with Crippen LogP contribution in [0.25, 0.3) is 0 Å². The van der Waals surface area contributed by atoms with Gasteiger partial charge in [-0.05, 0) is 18.2 Å². The first-order valence-corrected chi connectivity index (χ1v) is 8.77. The summed E-state index contributed by atoms with van der Waals surface area (Å²) in [5.74, 6) is -0.784. The number of aryl methyl sites for hydroxylation is 1. The van der Waals surface area contributed by atoms with Crippen molar-refractivity contribution in [2.45, 2.75) is 23.9 Å². The molecular weight excluding hydrogens is 337 g/mol. The van der Waals surface area contributed by atoms with Crippen LogP contribution in [0.3, 0.4) is 0 Å². The first kappa shape index (κ1) is 16.9. The lowest BCUT2D eigenvalue weighted by atomic mass is 10.1. The molecule has 0 saturated heterocycles. The molecule has 0 bridgehead atoms. The van der Waals surface area contributed by atoms with Crippen molar-refractivity contribution in [3.05, 3.63) is 41.7 Å². The Bertz CT molecular complexity index is 866. The van der Waals surface area contributed by atoms with Gasteiger partial charge >= 0.3 is 0 Å². The Morgan fingerprint density at radius 3 is 2.83 bits per heavy atom. The Balaban J connectivity index is 2.01. The Labute approximate surface area is 139 Å². The first-order chi connectivity index (χ1) is 11.4. The van der Waals surface area contributed by atoms with Crippen LogP contribution in [0.1, 0.15) is 11.4 Å². The largest absolute Gasteiger partial charge is 0.494 e. The van der Waals surface area contributed by atoms with E-state index in [0.717, 1.165) is 11.8 Å². The zero-order valence-corrected chi connectivity index (χ0v) is 14.1. The number of methoxy groups -OCH3 is 1. The highest BCUT2D eigenvalue weighted by molar-refractivity contribution is 7.89. The monoisotopic (exact) mass is 355 g/mol. The lowest BCUT2D eigenvalue weighted by Gasteiger charge is -2.33. The van der Waals surface area contributed by atoms with Crippen molar-refractivity contribution in [1.29, 1.82) is 0 Å². The van der Waals surface area contributed by atoms with Gasteiger partial charge in [-0.1, -0.05) is 0 Å². The summed E-state index contributed by atoms with van der Waals surface area (Å²) in [6.45, 7) is -0.292. The lowest BCUT2D eigenvalue weighted by Crippen LogP contribution is -2.46. The molecule has 0 spiro atoms. The maximum Gasteiger partial charge on any atom is 0.243 e. The van der Waals surface area contributed by atoms with Crippen LogP contribution in [-0.4, -0.2) is 47.1 Å². The molecule has 2 aromatic rings. The number of halogens is 1. The van der Waals surface area contributed by atoms with Crippen LogP contribution in [0.15, 0.2) is 29.4 Å². The fraction of sp³-hybridized carbons (Fsp3) is 0.400. The van der Waals surface area contributed by atoms with Crippen molar-refractivity contribution >= 4 is 10.0 Å². The van der Waals surface area contributed by atoms with Gasteiger partial charge in [0.15, 0.2) is 11.6 Å². The molecule has 1 aliphatic rings. The molecular formula is C15H18FN3O4S. The predicted octanol–water partition coefficient (Wildman–Crippen LogP) is 0.676. The maximum atomic E-state index is 13.9. The lowest BCUT2D eigenvalue weighted by molar-refractivity contribution is 0.170. The second-order valence-electron chi connectivity index (χ2n) is 5.64. The molecule has 0 unspecified atom stereocenters. The molecule has 0 saturated carbocycles. The van der Waals surface area contributed by atoms with Gasteiger partial charge in [-0.3, -0.25) is 0 Å². The van der Waals surface area contributed by atoms with E-state index in [0.29, 0.717) is 12.1 Å². The number of imidazole rings is 1. The number of hydrogen-bond acceptors (Lipinski definition) is 5. The first-order valence-electron chi connectivity index (χ1n) is 7.33. The molecule has 0 amide bonds. The highest BCUT2D eigenvalue weighted by Gasteiger charge is 2.37. The fourth-order valence-electron chi connectivity index (χ4n) is 2.88. The number of nitrogens with zero attached hydrogens (tertiary/aromatic N) is 3. The number of hydrogen-bond donors (Lipinski definition) is 1. The van der Waals surface area contributed by atoms with Crippen LogP contribution < -0.4 is 4.74 Å². The zero-order valence-electron chi connectivity index (χ0n) is 13.3. The van der Waals surface area contributed by atoms with E-state index in [1.54, 1.807) is 6.33 Å². The minimum atomic E-state index is -3.98. The van der Waals surface area contributed by atoms with Gasteiger partial charge in [0.05, 0.1) is 43.2 Å². The third kappa shape index (κ3) is 2.68. The van der Waals surface area contributed by atoms with Crippen LogP contribution in [0.2, 0.25) is 0 Å². The third-order valence-electron chi connectivity index (χ3n) is 4.23. The van der Waals surface area contributed by atoms with Crippen molar-refractivity contribution in [3.63, 3.8) is 0 Å². The molecule has 24 heavy (non-hydrogen) atoms. The topological polar surface area (TPSA) is 84.7 Å². The molecule has 7 nitrogen and oxygen atoms in total. The van der Waals surface area contributed by atoms with Gasteiger partial charge in [0.25, 0.3) is 0 Å². The quantitative estimate of drug-likeness (QED) is 0.872. The molecule has 1 N–H and O–H groups in total. The predicted molar refractivity (Wildman–Crippen MR) is 83.5 cm³/mol. The highest BCUT2D eigenvalue weighted by atomic mass is 32.2. The summed E-state index contributed by atoms with van der Waals surface area (Å²) in [6, 6.07) is 2.87. The van der Waals surface area contributed by atoms with Crippen LogP contribution in [0, 0.1) is 5.82 Å². The molecule has 1 atom stereocenters. The number of benzene rings is 1. The van der Waals surface area contributed by atoms with E-state index in [2.05, 4.69) is 4.98 Å². The SMILES string of the molecule is COc1ccc(S(=O)(=O)N2Cc3ncn(C)c3C[C@@H]2CO)cc1F. The number of aliphatic hydroxyl groups is 1. The number of ether oxygens (including phenoxy) is 1. The van der Waals surface area contributed by atoms with Crippen molar-refractivity contribution < 1.29 is 22.7 Å². The molecule has 0 aliphatic carbocycles. The molecule has 3 rings (SSSR count). The van der Waals surface area contributed by atoms with Gasteiger partial charge in [-0.25, -0.2) is 17.8 Å². The summed E-state index contributed by atoms with van der Waals surface area (Å²) in [7, 11) is -0.846. The van der Waals surface area contributed by atoms with Crippen LogP contribution in [0.4, 0.5) is 4.39 Å².